The molecule has 0 bridgehead atoms. The Bertz CT molecular complexity index is 569. The van der Waals surface area contributed by atoms with Crippen molar-refractivity contribution >= 4 is 16.3 Å². The van der Waals surface area contributed by atoms with Crippen LogP contribution in [0, 0.1) is 0 Å². The number of hydrogen-bond acceptors (Lipinski definition) is 3. The van der Waals surface area contributed by atoms with E-state index >= 15 is 0 Å². The van der Waals surface area contributed by atoms with Gasteiger partial charge in [-0.2, -0.15) is 0 Å². The van der Waals surface area contributed by atoms with Crippen molar-refractivity contribution in [2.75, 3.05) is 0 Å². The lowest BCUT2D eigenvalue weighted by molar-refractivity contribution is 0.683. The summed E-state index contributed by atoms with van der Waals surface area (Å²) in [6.07, 6.45) is 4.11. The van der Waals surface area contributed by atoms with Crippen molar-refractivity contribution in [1.29, 1.82) is 0 Å². The van der Waals surface area contributed by atoms with Crippen molar-refractivity contribution in [2.24, 2.45) is 0 Å². The van der Waals surface area contributed by atoms with Crippen molar-refractivity contribution in [3.8, 4) is 0 Å². The van der Waals surface area contributed by atoms with E-state index in [4.69, 9.17) is 0 Å². The van der Waals surface area contributed by atoms with Crippen LogP contribution in [0.25, 0.3) is 4.96 Å². The largest absolute Gasteiger partial charge is 0.307 e. The molecular formula is C13H13N3S. The van der Waals surface area contributed by atoms with Crippen molar-refractivity contribution in [3.05, 3.63) is 59.4 Å². The van der Waals surface area contributed by atoms with Crippen LogP contribution in [0.4, 0.5) is 0 Å². The van der Waals surface area contributed by atoms with Gasteiger partial charge in [0.15, 0.2) is 4.96 Å². The zero-order valence-corrected chi connectivity index (χ0v) is 10.2. The molecule has 0 unspecified atom stereocenters. The van der Waals surface area contributed by atoms with Crippen molar-refractivity contribution in [3.63, 3.8) is 0 Å². The minimum atomic E-state index is 0.809. The molecule has 0 radical (unpaired) electrons. The third kappa shape index (κ3) is 2.38. The van der Waals surface area contributed by atoms with Crippen LogP contribution in [0.1, 0.15) is 11.3 Å². The normalized spacial score (nSPS) is 11.1. The molecule has 2 heterocycles. The molecule has 0 aliphatic heterocycles. The molecule has 0 saturated carbocycles. The highest BCUT2D eigenvalue weighted by molar-refractivity contribution is 7.15. The Labute approximate surface area is 104 Å². The summed E-state index contributed by atoms with van der Waals surface area (Å²) in [5, 5.41) is 5.44. The average molecular weight is 243 g/mol. The molecule has 0 amide bonds. The summed E-state index contributed by atoms with van der Waals surface area (Å²) < 4.78 is 2.06. The van der Waals surface area contributed by atoms with E-state index in [-0.39, 0.29) is 0 Å². The van der Waals surface area contributed by atoms with Crippen LogP contribution in [0.3, 0.4) is 0 Å². The van der Waals surface area contributed by atoms with Gasteiger partial charge in [-0.25, -0.2) is 4.98 Å². The monoisotopic (exact) mass is 243 g/mol. The fourth-order valence-electron chi connectivity index (χ4n) is 1.79. The minimum absolute atomic E-state index is 0.809. The summed E-state index contributed by atoms with van der Waals surface area (Å²) in [4.78, 5) is 5.58. The number of imidazole rings is 1. The van der Waals surface area contributed by atoms with Gasteiger partial charge in [-0.15, -0.1) is 11.3 Å². The molecule has 0 atom stereocenters. The zero-order chi connectivity index (χ0) is 11.5. The summed E-state index contributed by atoms with van der Waals surface area (Å²) in [5.41, 5.74) is 2.39. The molecule has 17 heavy (non-hydrogen) atoms. The first-order valence-electron chi connectivity index (χ1n) is 5.57. The Morgan fingerprint density at radius 1 is 1.18 bits per heavy atom. The van der Waals surface area contributed by atoms with Gasteiger partial charge in [0.05, 0.1) is 5.69 Å². The molecule has 1 aromatic carbocycles. The molecule has 3 rings (SSSR count). The lowest BCUT2D eigenvalue weighted by Gasteiger charge is -2.02. The Kier molecular flexibility index (Phi) is 2.90. The number of fused-ring (bicyclic) bond motifs is 1. The second-order valence-corrected chi connectivity index (χ2v) is 4.79. The van der Waals surface area contributed by atoms with Crippen LogP contribution in [-0.2, 0) is 13.1 Å². The molecule has 0 saturated heterocycles. The predicted molar refractivity (Wildman–Crippen MR) is 70.1 cm³/mol. The number of thiazole rings is 1. The predicted octanol–water partition coefficient (Wildman–Crippen LogP) is 2.69. The van der Waals surface area contributed by atoms with Gasteiger partial charge in [-0.3, -0.25) is 4.40 Å². The maximum Gasteiger partial charge on any atom is 0.193 e. The number of hydrogen-bond donors (Lipinski definition) is 1. The highest BCUT2D eigenvalue weighted by atomic mass is 32.1. The maximum atomic E-state index is 4.52. The van der Waals surface area contributed by atoms with E-state index in [1.165, 1.54) is 5.56 Å². The molecule has 1 N–H and O–H groups in total. The number of nitrogens with zero attached hydrogens (tertiary/aromatic N) is 2. The Balaban J connectivity index is 1.59. The summed E-state index contributed by atoms with van der Waals surface area (Å²) in [5.74, 6) is 0. The summed E-state index contributed by atoms with van der Waals surface area (Å²) >= 11 is 1.66. The van der Waals surface area contributed by atoms with Gasteiger partial charge in [0, 0.05) is 30.9 Å². The van der Waals surface area contributed by atoms with E-state index in [0.29, 0.717) is 0 Å². The number of benzene rings is 1. The first-order valence-corrected chi connectivity index (χ1v) is 6.45. The SMILES string of the molecule is c1ccc(CNCc2cn3ccsc3n2)cc1. The van der Waals surface area contributed by atoms with Gasteiger partial charge >= 0.3 is 0 Å². The molecule has 0 aliphatic carbocycles. The van der Waals surface area contributed by atoms with Gasteiger partial charge in [-0.1, -0.05) is 30.3 Å². The van der Waals surface area contributed by atoms with Crippen LogP contribution >= 0.6 is 11.3 Å². The smallest absolute Gasteiger partial charge is 0.193 e. The van der Waals surface area contributed by atoms with Crippen molar-refractivity contribution < 1.29 is 0 Å². The Morgan fingerprint density at radius 2 is 2.06 bits per heavy atom. The number of rotatable bonds is 4. The quantitative estimate of drug-likeness (QED) is 0.763. The van der Waals surface area contributed by atoms with Gasteiger partial charge in [0.25, 0.3) is 0 Å². The first kappa shape index (κ1) is 10.5. The molecule has 0 fully saturated rings. The zero-order valence-electron chi connectivity index (χ0n) is 9.34. The Hall–Kier alpha value is -1.65. The third-order valence-electron chi connectivity index (χ3n) is 2.62. The highest BCUT2D eigenvalue weighted by Crippen LogP contribution is 2.11. The fraction of sp³-hybridized carbons (Fsp3) is 0.154. The third-order valence-corrected chi connectivity index (χ3v) is 3.39. The lowest BCUT2D eigenvalue weighted by atomic mass is 10.2. The van der Waals surface area contributed by atoms with E-state index in [9.17, 15) is 0 Å². The van der Waals surface area contributed by atoms with Crippen LogP contribution in [-0.4, -0.2) is 9.38 Å². The van der Waals surface area contributed by atoms with Gasteiger partial charge in [0.2, 0.25) is 0 Å². The second kappa shape index (κ2) is 4.69. The molecular weight excluding hydrogens is 230 g/mol. The van der Waals surface area contributed by atoms with Crippen LogP contribution < -0.4 is 5.32 Å². The van der Waals surface area contributed by atoms with E-state index in [0.717, 1.165) is 23.7 Å². The molecule has 0 aliphatic rings. The van der Waals surface area contributed by atoms with Crippen LogP contribution in [0.15, 0.2) is 48.1 Å². The molecule has 4 heteroatoms. The van der Waals surface area contributed by atoms with Crippen molar-refractivity contribution in [1.82, 2.24) is 14.7 Å². The first-order chi connectivity index (χ1) is 8.42. The molecule has 3 nitrogen and oxygen atoms in total. The van der Waals surface area contributed by atoms with Gasteiger partial charge in [-0.05, 0) is 5.56 Å². The maximum absolute atomic E-state index is 4.52. The topological polar surface area (TPSA) is 29.3 Å². The number of nitrogens with one attached hydrogen (secondary N) is 1. The van der Waals surface area contributed by atoms with Crippen LogP contribution in [0.5, 0.6) is 0 Å². The van der Waals surface area contributed by atoms with E-state index < -0.39 is 0 Å². The summed E-state index contributed by atoms with van der Waals surface area (Å²) in [6.45, 7) is 1.69. The number of aromatic nitrogens is 2. The van der Waals surface area contributed by atoms with E-state index in [1.54, 1.807) is 11.3 Å². The summed E-state index contributed by atoms with van der Waals surface area (Å²) in [7, 11) is 0. The molecule has 86 valence electrons. The van der Waals surface area contributed by atoms with Crippen LogP contribution in [0.2, 0.25) is 0 Å². The van der Waals surface area contributed by atoms with Gasteiger partial charge in [0.1, 0.15) is 0 Å². The molecule has 3 aromatic rings. The molecule has 0 spiro atoms. The van der Waals surface area contributed by atoms with E-state index in [2.05, 4.69) is 45.2 Å². The van der Waals surface area contributed by atoms with E-state index in [1.807, 2.05) is 17.6 Å². The summed E-state index contributed by atoms with van der Waals surface area (Å²) in [6, 6.07) is 10.4. The fourth-order valence-corrected chi connectivity index (χ4v) is 2.51. The minimum Gasteiger partial charge on any atom is -0.307 e. The Morgan fingerprint density at radius 3 is 2.88 bits per heavy atom. The lowest BCUT2D eigenvalue weighted by Crippen LogP contribution is -2.12. The van der Waals surface area contributed by atoms with Gasteiger partial charge < -0.3 is 5.32 Å². The highest BCUT2D eigenvalue weighted by Gasteiger charge is 2.01. The average Bonchev–Trinajstić information content (AvgIpc) is 2.91. The molecule has 2 aromatic heterocycles. The second-order valence-electron chi connectivity index (χ2n) is 3.91. The standard InChI is InChI=1S/C13H13N3S/c1-2-4-11(5-3-1)8-14-9-12-10-16-6-7-17-13(16)15-12/h1-7,10,14H,8-9H2. The van der Waals surface area contributed by atoms with Crippen molar-refractivity contribution in [2.45, 2.75) is 13.1 Å².